The first-order valence-electron chi connectivity index (χ1n) is 6.70. The summed E-state index contributed by atoms with van der Waals surface area (Å²) in [6.07, 6.45) is 0. The summed E-state index contributed by atoms with van der Waals surface area (Å²) in [4.78, 5) is 52.0. The number of benzene rings is 2. The Morgan fingerprint density at radius 2 is 1.12 bits per heavy atom. The molecule has 0 spiro atoms. The van der Waals surface area contributed by atoms with Gasteiger partial charge >= 0.3 is 135 Å². The Balaban J connectivity index is 2.62. The predicted octanol–water partition coefficient (Wildman–Crippen LogP) is 1.35. The standard InChI is InChI=1S/C14H15N2O7P/c1-9-7-11(3-5-13(9)15(17)18)24(21,22,23)12-4-6-14(16(19)20)10(2)8-12/h3-8,21-23H,1-2H3. The predicted molar refractivity (Wildman–Crippen MR) is 88.5 cm³/mol. The first-order chi connectivity index (χ1) is 10.9. The van der Waals surface area contributed by atoms with Crippen molar-refractivity contribution in [3.8, 4) is 0 Å². The molecule has 10 heteroatoms. The minimum absolute atomic E-state index is 0.141. The second-order valence-corrected chi connectivity index (χ2v) is 8.43. The van der Waals surface area contributed by atoms with E-state index in [0.717, 1.165) is 36.4 Å². The van der Waals surface area contributed by atoms with Crippen LogP contribution in [0.4, 0.5) is 11.4 Å². The Labute approximate surface area is 136 Å². The molecule has 0 bridgehead atoms. The van der Waals surface area contributed by atoms with Crippen molar-refractivity contribution >= 4 is 29.3 Å². The molecular formula is C14H15N2O7P. The molecule has 0 radical (unpaired) electrons. The summed E-state index contributed by atoms with van der Waals surface area (Å²) < 4.78 is 0. The number of nitrogens with zero attached hydrogens (tertiary/aromatic N) is 2. The van der Waals surface area contributed by atoms with Crippen LogP contribution in [0.25, 0.3) is 0 Å². The summed E-state index contributed by atoms with van der Waals surface area (Å²) in [5.74, 6) is 0. The van der Waals surface area contributed by atoms with Crippen LogP contribution in [0.1, 0.15) is 11.1 Å². The molecule has 0 heterocycles. The Bertz CT molecular complexity index is 790. The third kappa shape index (κ3) is 2.98. The van der Waals surface area contributed by atoms with Crippen molar-refractivity contribution in [2.75, 3.05) is 0 Å². The Morgan fingerprint density at radius 1 is 0.792 bits per heavy atom. The molecule has 0 saturated carbocycles. The zero-order valence-corrected chi connectivity index (χ0v) is 13.7. The van der Waals surface area contributed by atoms with Crippen LogP contribution >= 0.6 is 7.28 Å². The van der Waals surface area contributed by atoms with Crippen LogP contribution < -0.4 is 10.6 Å². The molecular weight excluding hydrogens is 339 g/mol. The molecule has 9 nitrogen and oxygen atoms in total. The van der Waals surface area contributed by atoms with Crippen molar-refractivity contribution in [2.24, 2.45) is 0 Å². The molecule has 24 heavy (non-hydrogen) atoms. The molecule has 0 aliphatic rings. The van der Waals surface area contributed by atoms with E-state index in [4.69, 9.17) is 0 Å². The van der Waals surface area contributed by atoms with Gasteiger partial charge in [0, 0.05) is 0 Å². The van der Waals surface area contributed by atoms with Crippen molar-refractivity contribution in [1.82, 2.24) is 0 Å². The number of hydrogen-bond acceptors (Lipinski definition) is 7. The minimum atomic E-state index is -5.57. The van der Waals surface area contributed by atoms with Crippen molar-refractivity contribution < 1.29 is 24.5 Å². The average molecular weight is 354 g/mol. The van der Waals surface area contributed by atoms with Gasteiger partial charge in [-0.1, -0.05) is 0 Å². The summed E-state index contributed by atoms with van der Waals surface area (Å²) in [7, 11) is -5.57. The summed E-state index contributed by atoms with van der Waals surface area (Å²) >= 11 is 0. The Kier molecular flexibility index (Phi) is 4.15. The van der Waals surface area contributed by atoms with Gasteiger partial charge in [0.25, 0.3) is 0 Å². The summed E-state index contributed by atoms with van der Waals surface area (Å²) in [5, 5.41) is 21.1. The van der Waals surface area contributed by atoms with Gasteiger partial charge in [-0.15, -0.1) is 0 Å². The normalized spacial score (nSPS) is 13.1. The molecule has 0 aliphatic carbocycles. The van der Waals surface area contributed by atoms with Crippen LogP contribution in [0, 0.1) is 34.1 Å². The van der Waals surface area contributed by atoms with Crippen LogP contribution in [0.3, 0.4) is 0 Å². The first-order valence-corrected chi connectivity index (χ1v) is 8.80. The van der Waals surface area contributed by atoms with Gasteiger partial charge in [0.15, 0.2) is 0 Å². The maximum absolute atomic E-state index is 10.8. The van der Waals surface area contributed by atoms with E-state index >= 15 is 0 Å². The molecule has 0 amide bonds. The molecule has 2 aromatic rings. The van der Waals surface area contributed by atoms with E-state index < -0.39 is 17.1 Å². The number of nitro benzene ring substituents is 2. The fourth-order valence-electron chi connectivity index (χ4n) is 2.35. The molecule has 0 aliphatic heterocycles. The van der Waals surface area contributed by atoms with Gasteiger partial charge < -0.3 is 0 Å². The molecule has 0 aromatic heterocycles. The van der Waals surface area contributed by atoms with Crippen molar-refractivity contribution in [2.45, 2.75) is 13.8 Å². The quantitative estimate of drug-likeness (QED) is 0.426. The molecule has 0 unspecified atom stereocenters. The van der Waals surface area contributed by atoms with E-state index in [1.807, 2.05) is 0 Å². The van der Waals surface area contributed by atoms with Gasteiger partial charge in [-0.05, 0) is 0 Å². The van der Waals surface area contributed by atoms with Gasteiger partial charge in [-0.25, -0.2) is 0 Å². The topological polar surface area (TPSA) is 147 Å². The maximum atomic E-state index is 10.8. The van der Waals surface area contributed by atoms with Crippen molar-refractivity contribution in [3.63, 3.8) is 0 Å². The fraction of sp³-hybridized carbons (Fsp3) is 0.143. The summed E-state index contributed by atoms with van der Waals surface area (Å²) in [5.41, 5.74) is -0.180. The number of aryl methyl sites for hydroxylation is 2. The molecule has 2 aromatic carbocycles. The second-order valence-electron chi connectivity index (χ2n) is 5.44. The van der Waals surface area contributed by atoms with Crippen molar-refractivity contribution in [3.05, 3.63) is 67.8 Å². The molecule has 128 valence electrons. The Morgan fingerprint density at radius 3 is 1.38 bits per heavy atom. The zero-order chi connectivity index (χ0) is 18.3. The van der Waals surface area contributed by atoms with Gasteiger partial charge in [-0.3, -0.25) is 0 Å². The fourth-order valence-corrected chi connectivity index (χ4v) is 4.21. The van der Waals surface area contributed by atoms with E-state index in [2.05, 4.69) is 0 Å². The van der Waals surface area contributed by atoms with E-state index in [9.17, 15) is 34.9 Å². The van der Waals surface area contributed by atoms with E-state index in [1.54, 1.807) is 0 Å². The van der Waals surface area contributed by atoms with Gasteiger partial charge in [0.05, 0.1) is 0 Å². The van der Waals surface area contributed by atoms with Crippen LogP contribution in [-0.2, 0) is 0 Å². The third-order valence-corrected chi connectivity index (χ3v) is 6.16. The average Bonchev–Trinajstić information content (AvgIpc) is 2.45. The van der Waals surface area contributed by atoms with Crippen LogP contribution in [-0.4, -0.2) is 24.5 Å². The zero-order valence-electron chi connectivity index (χ0n) is 12.8. The van der Waals surface area contributed by atoms with Crippen LogP contribution in [0.15, 0.2) is 36.4 Å². The molecule has 0 fully saturated rings. The van der Waals surface area contributed by atoms with E-state index in [-0.39, 0.29) is 33.1 Å². The Hall–Kier alpha value is -2.45. The van der Waals surface area contributed by atoms with E-state index in [1.165, 1.54) is 13.8 Å². The number of rotatable bonds is 4. The third-order valence-electron chi connectivity index (χ3n) is 3.71. The second kappa shape index (κ2) is 5.57. The molecule has 2 rings (SSSR count). The monoisotopic (exact) mass is 354 g/mol. The van der Waals surface area contributed by atoms with Gasteiger partial charge in [0.2, 0.25) is 0 Å². The molecule has 3 N–H and O–H groups in total. The SMILES string of the molecule is Cc1cc(P(O)(O)(O)c2ccc([N+](=O)[O-])c(C)c2)ccc1[N+](=O)[O-]. The van der Waals surface area contributed by atoms with Crippen LogP contribution in [0.2, 0.25) is 0 Å². The van der Waals surface area contributed by atoms with Gasteiger partial charge in [-0.2, -0.15) is 0 Å². The number of hydrogen-bond donors (Lipinski definition) is 3. The summed E-state index contributed by atoms with van der Waals surface area (Å²) in [6, 6.07) is 6.47. The van der Waals surface area contributed by atoms with E-state index in [0.29, 0.717) is 0 Å². The first kappa shape index (κ1) is 17.9. The molecule has 0 saturated heterocycles. The summed E-state index contributed by atoms with van der Waals surface area (Å²) in [6.45, 7) is 2.80. The van der Waals surface area contributed by atoms with Crippen molar-refractivity contribution in [1.29, 1.82) is 0 Å². The van der Waals surface area contributed by atoms with Gasteiger partial charge in [0.1, 0.15) is 0 Å². The van der Waals surface area contributed by atoms with Crippen LogP contribution in [0.5, 0.6) is 0 Å². The number of nitro groups is 2. The molecule has 0 atom stereocenters.